The van der Waals surface area contributed by atoms with Gasteiger partial charge in [-0.05, 0) is 36.2 Å². The molecule has 2 aromatic carbocycles. The van der Waals surface area contributed by atoms with Crippen molar-refractivity contribution in [2.24, 2.45) is 5.92 Å². The number of nitrogens with one attached hydrogen (secondary N) is 1. The molecule has 0 saturated heterocycles. The minimum absolute atomic E-state index is 0.188. The average molecular weight is 451 g/mol. The molecular weight excluding hydrogens is 431 g/mol. The summed E-state index contributed by atoms with van der Waals surface area (Å²) < 4.78 is 93.1. The molecule has 0 unspecified atom stereocenters. The maximum Gasteiger partial charge on any atom is 0.417 e. The number of rotatable bonds is 7. The Hall–Kier alpha value is -1.95. The predicted octanol–water partition coefficient (Wildman–Crippen LogP) is 2.83. The molecule has 2 aromatic rings. The molecule has 0 aliphatic carbocycles. The summed E-state index contributed by atoms with van der Waals surface area (Å²) in [6.07, 6.45) is -5.04. The van der Waals surface area contributed by atoms with Gasteiger partial charge in [0.2, 0.25) is 19.9 Å². The van der Waals surface area contributed by atoms with Gasteiger partial charge in [0.1, 0.15) is 0 Å². The van der Waals surface area contributed by atoms with Gasteiger partial charge in [-0.3, -0.25) is 0 Å². The van der Waals surface area contributed by atoms with Crippen LogP contribution in [0, 0.1) is 5.92 Å². The zero-order valence-corrected chi connectivity index (χ0v) is 17.1. The molecule has 0 spiro atoms. The Morgan fingerprint density at radius 3 is 2.03 bits per heavy atom. The number of hydrogen-bond acceptors (Lipinski definition) is 5. The maximum atomic E-state index is 13.4. The molecule has 11 heteroatoms. The third-order valence-electron chi connectivity index (χ3n) is 4.22. The van der Waals surface area contributed by atoms with Crippen LogP contribution in [-0.4, -0.2) is 34.6 Å². The molecule has 2 rings (SSSR count). The molecule has 29 heavy (non-hydrogen) atoms. The molecule has 0 heterocycles. The van der Waals surface area contributed by atoms with Gasteiger partial charge in [0.25, 0.3) is 0 Å². The molecule has 0 bridgehead atoms. The average Bonchev–Trinajstić information content (AvgIpc) is 2.65. The lowest BCUT2D eigenvalue weighted by Gasteiger charge is -2.22. The Morgan fingerprint density at radius 2 is 1.55 bits per heavy atom. The van der Waals surface area contributed by atoms with Crippen molar-refractivity contribution in [1.82, 2.24) is 4.72 Å². The van der Waals surface area contributed by atoms with Gasteiger partial charge in [-0.15, -0.1) is 0 Å². The molecule has 2 N–H and O–H groups in total. The van der Waals surface area contributed by atoms with E-state index in [2.05, 4.69) is 0 Å². The number of sulfonamides is 1. The van der Waals surface area contributed by atoms with E-state index in [1.807, 2.05) is 4.72 Å². The van der Waals surface area contributed by atoms with Crippen molar-refractivity contribution in [1.29, 1.82) is 0 Å². The van der Waals surface area contributed by atoms with Crippen molar-refractivity contribution >= 4 is 19.9 Å². The molecule has 0 saturated carbocycles. The molecule has 0 aliphatic heterocycles. The standard InChI is InChI=1S/C18H20F3NO5S2/c1-12(2)16(11-23)22-29(26,27)17-10-14(8-9-15(17)18(19,20)21)28(24,25)13-6-4-3-5-7-13/h3-10,12,16,22-23H,11H2,1-2H3/t16-/m0/s1. The van der Waals surface area contributed by atoms with Crippen LogP contribution in [-0.2, 0) is 26.0 Å². The Bertz CT molecular complexity index is 1070. The van der Waals surface area contributed by atoms with Gasteiger partial charge in [0.15, 0.2) is 0 Å². The summed E-state index contributed by atoms with van der Waals surface area (Å²) in [5.41, 5.74) is -1.50. The van der Waals surface area contributed by atoms with Crippen LogP contribution in [0.4, 0.5) is 13.2 Å². The summed E-state index contributed by atoms with van der Waals surface area (Å²) in [6.45, 7) is 2.51. The molecule has 6 nitrogen and oxygen atoms in total. The van der Waals surface area contributed by atoms with Crippen molar-refractivity contribution < 1.29 is 35.1 Å². The van der Waals surface area contributed by atoms with Crippen LogP contribution in [0.2, 0.25) is 0 Å². The van der Waals surface area contributed by atoms with E-state index in [-0.39, 0.29) is 4.90 Å². The largest absolute Gasteiger partial charge is 0.417 e. The molecule has 0 aliphatic rings. The van der Waals surface area contributed by atoms with Crippen LogP contribution in [0.15, 0.2) is 63.2 Å². The van der Waals surface area contributed by atoms with E-state index in [1.54, 1.807) is 19.9 Å². The van der Waals surface area contributed by atoms with Crippen molar-refractivity contribution in [2.75, 3.05) is 6.61 Å². The minimum atomic E-state index is -5.04. The normalized spacial score (nSPS) is 14.2. The van der Waals surface area contributed by atoms with Crippen LogP contribution in [0.5, 0.6) is 0 Å². The van der Waals surface area contributed by atoms with Crippen LogP contribution in [0.1, 0.15) is 19.4 Å². The summed E-state index contributed by atoms with van der Waals surface area (Å²) in [6, 6.07) is 7.52. The number of benzene rings is 2. The zero-order chi connectivity index (χ0) is 22.0. The Kier molecular flexibility index (Phi) is 6.78. The van der Waals surface area contributed by atoms with E-state index in [4.69, 9.17) is 0 Å². The Labute approximate surface area is 167 Å². The lowest BCUT2D eigenvalue weighted by molar-refractivity contribution is -0.139. The first-order chi connectivity index (χ1) is 13.3. The van der Waals surface area contributed by atoms with Crippen molar-refractivity contribution in [2.45, 2.75) is 40.8 Å². The fraction of sp³-hybridized carbons (Fsp3) is 0.333. The number of aliphatic hydroxyl groups is 1. The molecule has 0 radical (unpaired) electrons. The van der Waals surface area contributed by atoms with Gasteiger partial charge < -0.3 is 5.11 Å². The number of aliphatic hydroxyl groups excluding tert-OH is 1. The number of sulfone groups is 1. The van der Waals surface area contributed by atoms with E-state index in [9.17, 15) is 35.1 Å². The smallest absolute Gasteiger partial charge is 0.395 e. The zero-order valence-electron chi connectivity index (χ0n) is 15.5. The predicted molar refractivity (Wildman–Crippen MR) is 99.4 cm³/mol. The second-order valence-electron chi connectivity index (χ2n) is 6.63. The van der Waals surface area contributed by atoms with Crippen LogP contribution in [0.25, 0.3) is 0 Å². The van der Waals surface area contributed by atoms with Gasteiger partial charge in [-0.2, -0.15) is 13.2 Å². The summed E-state index contributed by atoms with van der Waals surface area (Å²) in [5.74, 6) is -0.416. The first-order valence-electron chi connectivity index (χ1n) is 8.45. The van der Waals surface area contributed by atoms with E-state index >= 15 is 0 Å². The number of alkyl halides is 3. The highest BCUT2D eigenvalue weighted by atomic mass is 32.2. The third-order valence-corrected chi connectivity index (χ3v) is 7.52. The van der Waals surface area contributed by atoms with Gasteiger partial charge >= 0.3 is 6.18 Å². The molecule has 1 atom stereocenters. The van der Waals surface area contributed by atoms with Crippen molar-refractivity contribution in [3.63, 3.8) is 0 Å². The second-order valence-corrected chi connectivity index (χ2v) is 10.3. The summed E-state index contributed by atoms with van der Waals surface area (Å²) in [7, 11) is -9.03. The second kappa shape index (κ2) is 8.42. The third kappa shape index (κ3) is 5.16. The quantitative estimate of drug-likeness (QED) is 0.674. The molecule has 160 valence electrons. The number of halogens is 3. The fourth-order valence-corrected chi connectivity index (χ4v) is 5.52. The monoisotopic (exact) mass is 451 g/mol. The molecule has 0 amide bonds. The first kappa shape index (κ1) is 23.3. The van der Waals surface area contributed by atoms with Gasteiger partial charge in [-0.1, -0.05) is 32.0 Å². The first-order valence-corrected chi connectivity index (χ1v) is 11.4. The highest BCUT2D eigenvalue weighted by Gasteiger charge is 2.39. The summed E-state index contributed by atoms with van der Waals surface area (Å²) in [5, 5.41) is 9.32. The molecule has 0 fully saturated rings. The van der Waals surface area contributed by atoms with Crippen molar-refractivity contribution in [3.05, 3.63) is 54.1 Å². The molecule has 0 aromatic heterocycles. The minimum Gasteiger partial charge on any atom is -0.395 e. The lowest BCUT2D eigenvalue weighted by atomic mass is 10.1. The summed E-state index contributed by atoms with van der Waals surface area (Å²) in [4.78, 5) is -2.00. The Morgan fingerprint density at radius 1 is 0.966 bits per heavy atom. The topological polar surface area (TPSA) is 101 Å². The lowest BCUT2D eigenvalue weighted by Crippen LogP contribution is -2.41. The van der Waals surface area contributed by atoms with Crippen molar-refractivity contribution in [3.8, 4) is 0 Å². The Balaban J connectivity index is 2.68. The fourth-order valence-electron chi connectivity index (χ4n) is 2.51. The van der Waals surface area contributed by atoms with E-state index in [1.165, 1.54) is 24.3 Å². The van der Waals surface area contributed by atoms with E-state index < -0.39 is 60.0 Å². The van der Waals surface area contributed by atoms with Crippen LogP contribution < -0.4 is 4.72 Å². The maximum absolute atomic E-state index is 13.4. The van der Waals surface area contributed by atoms with Gasteiger partial charge in [-0.25, -0.2) is 21.6 Å². The molecular formula is C18H20F3NO5S2. The van der Waals surface area contributed by atoms with E-state index in [0.29, 0.717) is 12.1 Å². The van der Waals surface area contributed by atoms with Gasteiger partial charge in [0, 0.05) is 6.04 Å². The van der Waals surface area contributed by atoms with Gasteiger partial charge in [0.05, 0.1) is 26.9 Å². The SMILES string of the molecule is CC(C)[C@H](CO)NS(=O)(=O)c1cc(S(=O)(=O)c2ccccc2)ccc1C(F)(F)F. The van der Waals surface area contributed by atoms with E-state index in [0.717, 1.165) is 6.07 Å². The number of hydrogen-bond donors (Lipinski definition) is 2. The van der Waals surface area contributed by atoms with Crippen LogP contribution >= 0.6 is 0 Å². The van der Waals surface area contributed by atoms with Crippen LogP contribution in [0.3, 0.4) is 0 Å². The highest BCUT2D eigenvalue weighted by Crippen LogP contribution is 2.36. The summed E-state index contributed by atoms with van der Waals surface area (Å²) >= 11 is 0. The highest BCUT2D eigenvalue weighted by molar-refractivity contribution is 7.91.